The number of esters is 1. The van der Waals surface area contributed by atoms with E-state index in [2.05, 4.69) is 6.58 Å². The van der Waals surface area contributed by atoms with Crippen LogP contribution in [0.5, 0.6) is 5.75 Å². The fourth-order valence-electron chi connectivity index (χ4n) is 2.20. The molecule has 1 aromatic carbocycles. The molecule has 0 unspecified atom stereocenters. The molecule has 0 amide bonds. The van der Waals surface area contributed by atoms with Crippen molar-refractivity contribution in [2.24, 2.45) is 0 Å². The number of carbonyl (C=O) groups excluding carboxylic acids is 1. The Morgan fingerprint density at radius 2 is 2.14 bits per heavy atom. The van der Waals surface area contributed by atoms with Gasteiger partial charge in [-0.25, -0.2) is 9.59 Å². The van der Waals surface area contributed by atoms with Gasteiger partial charge in [0.25, 0.3) is 0 Å². The minimum absolute atomic E-state index is 0.0411. The van der Waals surface area contributed by atoms with Gasteiger partial charge in [0.1, 0.15) is 18.8 Å². The summed E-state index contributed by atoms with van der Waals surface area (Å²) in [6.07, 6.45) is 1.71. The summed E-state index contributed by atoms with van der Waals surface area (Å²) in [5, 5.41) is 0.853. The molecule has 0 saturated heterocycles. The summed E-state index contributed by atoms with van der Waals surface area (Å²) in [5.74, 6) is -0.353. The standard InChI is InChI=1S/C17H18O5/c1-4-12-13-7-6-11(3)10-14(13)22-17(19)16(12)21-9-8-20-15(18)5-2/h5-7,10H,2,4,8-9H2,1,3H3. The quantitative estimate of drug-likeness (QED) is 0.355. The van der Waals surface area contributed by atoms with Crippen molar-refractivity contribution < 1.29 is 18.7 Å². The molecule has 0 N–H and O–H groups in total. The number of hydrogen-bond acceptors (Lipinski definition) is 5. The van der Waals surface area contributed by atoms with Gasteiger partial charge in [-0.15, -0.1) is 0 Å². The lowest BCUT2D eigenvalue weighted by Crippen LogP contribution is -2.16. The lowest BCUT2D eigenvalue weighted by atomic mass is 10.1. The number of rotatable bonds is 6. The fraction of sp³-hybridized carbons (Fsp3) is 0.294. The van der Waals surface area contributed by atoms with Crippen LogP contribution in [0.4, 0.5) is 0 Å². The smallest absolute Gasteiger partial charge is 0.379 e. The Morgan fingerprint density at radius 1 is 1.36 bits per heavy atom. The first-order chi connectivity index (χ1) is 10.6. The molecule has 22 heavy (non-hydrogen) atoms. The summed E-state index contributed by atoms with van der Waals surface area (Å²) in [5.41, 5.74) is 1.83. The Kier molecular flexibility index (Phi) is 4.99. The van der Waals surface area contributed by atoms with Crippen molar-refractivity contribution in [3.05, 3.63) is 52.4 Å². The molecule has 0 radical (unpaired) electrons. The molecular formula is C17H18O5. The Bertz CT molecular complexity index is 757. The van der Waals surface area contributed by atoms with Crippen LogP contribution in [0.2, 0.25) is 0 Å². The summed E-state index contributed by atoms with van der Waals surface area (Å²) >= 11 is 0. The van der Waals surface area contributed by atoms with Crippen molar-refractivity contribution in [3.63, 3.8) is 0 Å². The number of benzene rings is 1. The highest BCUT2D eigenvalue weighted by Crippen LogP contribution is 2.26. The van der Waals surface area contributed by atoms with Crippen molar-refractivity contribution >= 4 is 16.9 Å². The highest BCUT2D eigenvalue weighted by Gasteiger charge is 2.15. The predicted octanol–water partition coefficient (Wildman–Crippen LogP) is 2.77. The van der Waals surface area contributed by atoms with Crippen LogP contribution in [0.3, 0.4) is 0 Å². The van der Waals surface area contributed by atoms with Gasteiger partial charge >= 0.3 is 11.6 Å². The molecule has 0 atom stereocenters. The van der Waals surface area contributed by atoms with Crippen molar-refractivity contribution in [2.75, 3.05) is 13.2 Å². The third-order valence-corrected chi connectivity index (χ3v) is 3.22. The van der Waals surface area contributed by atoms with Crippen LogP contribution in [-0.2, 0) is 16.0 Å². The Morgan fingerprint density at radius 3 is 2.82 bits per heavy atom. The number of ether oxygens (including phenoxy) is 2. The summed E-state index contributed by atoms with van der Waals surface area (Å²) in [6.45, 7) is 7.30. The molecule has 0 fully saturated rings. The highest BCUT2D eigenvalue weighted by atomic mass is 16.6. The normalized spacial score (nSPS) is 10.5. The minimum atomic E-state index is -0.527. The minimum Gasteiger partial charge on any atom is -0.483 e. The van der Waals surface area contributed by atoms with Crippen LogP contribution in [0.1, 0.15) is 18.1 Å². The lowest BCUT2D eigenvalue weighted by molar-refractivity contribution is -0.138. The lowest BCUT2D eigenvalue weighted by Gasteiger charge is -2.11. The number of fused-ring (bicyclic) bond motifs is 1. The molecule has 0 aliphatic heterocycles. The molecule has 5 nitrogen and oxygen atoms in total. The zero-order valence-electron chi connectivity index (χ0n) is 12.7. The van der Waals surface area contributed by atoms with Gasteiger partial charge in [0.2, 0.25) is 5.75 Å². The van der Waals surface area contributed by atoms with Crippen LogP contribution < -0.4 is 10.4 Å². The largest absolute Gasteiger partial charge is 0.483 e. The molecule has 0 saturated carbocycles. The van der Waals surface area contributed by atoms with Gasteiger partial charge in [-0.3, -0.25) is 0 Å². The summed E-state index contributed by atoms with van der Waals surface area (Å²) in [6, 6.07) is 5.69. The Labute approximate surface area is 128 Å². The second kappa shape index (κ2) is 6.93. The zero-order chi connectivity index (χ0) is 16.1. The van der Waals surface area contributed by atoms with Crippen LogP contribution in [-0.4, -0.2) is 19.2 Å². The first-order valence-corrected chi connectivity index (χ1v) is 7.05. The van der Waals surface area contributed by atoms with Crippen LogP contribution in [0.25, 0.3) is 11.0 Å². The average molecular weight is 302 g/mol. The van der Waals surface area contributed by atoms with Crippen LogP contribution in [0.15, 0.2) is 40.1 Å². The van der Waals surface area contributed by atoms with Gasteiger partial charge < -0.3 is 13.9 Å². The fourth-order valence-corrected chi connectivity index (χ4v) is 2.20. The van der Waals surface area contributed by atoms with Crippen molar-refractivity contribution in [1.82, 2.24) is 0 Å². The summed E-state index contributed by atoms with van der Waals surface area (Å²) < 4.78 is 15.6. The third kappa shape index (κ3) is 3.36. The van der Waals surface area contributed by atoms with E-state index in [0.29, 0.717) is 12.0 Å². The Balaban J connectivity index is 2.27. The van der Waals surface area contributed by atoms with E-state index in [1.165, 1.54) is 0 Å². The number of aryl methyl sites for hydroxylation is 2. The number of hydrogen-bond donors (Lipinski definition) is 0. The van der Waals surface area contributed by atoms with Gasteiger partial charge in [0, 0.05) is 17.0 Å². The molecule has 0 bridgehead atoms. The van der Waals surface area contributed by atoms with E-state index >= 15 is 0 Å². The van der Waals surface area contributed by atoms with Gasteiger partial charge in [-0.05, 0) is 25.0 Å². The molecule has 1 aromatic heterocycles. The summed E-state index contributed by atoms with van der Waals surface area (Å²) in [4.78, 5) is 23.0. The molecule has 5 heteroatoms. The molecule has 2 aromatic rings. The van der Waals surface area contributed by atoms with Crippen molar-refractivity contribution in [2.45, 2.75) is 20.3 Å². The predicted molar refractivity (Wildman–Crippen MR) is 83.3 cm³/mol. The first-order valence-electron chi connectivity index (χ1n) is 7.05. The average Bonchev–Trinajstić information content (AvgIpc) is 2.50. The van der Waals surface area contributed by atoms with E-state index in [1.54, 1.807) is 0 Å². The van der Waals surface area contributed by atoms with E-state index in [0.717, 1.165) is 22.6 Å². The van der Waals surface area contributed by atoms with E-state index in [4.69, 9.17) is 13.9 Å². The topological polar surface area (TPSA) is 65.7 Å². The second-order valence-electron chi connectivity index (χ2n) is 4.77. The van der Waals surface area contributed by atoms with Gasteiger partial charge in [0.05, 0.1) is 0 Å². The molecule has 116 valence electrons. The first kappa shape index (κ1) is 15.8. The van der Waals surface area contributed by atoms with Gasteiger partial charge in [0.15, 0.2) is 0 Å². The van der Waals surface area contributed by atoms with E-state index in [1.807, 2.05) is 32.0 Å². The van der Waals surface area contributed by atoms with Gasteiger partial charge in [-0.1, -0.05) is 25.6 Å². The molecule has 0 spiro atoms. The zero-order valence-corrected chi connectivity index (χ0v) is 12.7. The molecular weight excluding hydrogens is 284 g/mol. The van der Waals surface area contributed by atoms with E-state index < -0.39 is 11.6 Å². The van der Waals surface area contributed by atoms with E-state index in [9.17, 15) is 9.59 Å². The maximum Gasteiger partial charge on any atom is 0.379 e. The third-order valence-electron chi connectivity index (χ3n) is 3.22. The summed E-state index contributed by atoms with van der Waals surface area (Å²) in [7, 11) is 0. The van der Waals surface area contributed by atoms with Gasteiger partial charge in [-0.2, -0.15) is 0 Å². The molecule has 0 aliphatic carbocycles. The Hall–Kier alpha value is -2.56. The highest BCUT2D eigenvalue weighted by molar-refractivity contribution is 5.83. The SMILES string of the molecule is C=CC(=O)OCCOc1c(CC)c2ccc(C)cc2oc1=O. The van der Waals surface area contributed by atoms with Crippen LogP contribution >= 0.6 is 0 Å². The monoisotopic (exact) mass is 302 g/mol. The second-order valence-corrected chi connectivity index (χ2v) is 4.77. The number of carbonyl (C=O) groups is 1. The van der Waals surface area contributed by atoms with Crippen molar-refractivity contribution in [3.8, 4) is 5.75 Å². The molecule has 1 heterocycles. The van der Waals surface area contributed by atoms with Crippen LogP contribution in [0, 0.1) is 6.92 Å². The van der Waals surface area contributed by atoms with Crippen molar-refractivity contribution in [1.29, 1.82) is 0 Å². The molecule has 0 aliphatic rings. The maximum atomic E-state index is 12.1. The maximum absolute atomic E-state index is 12.1. The molecule has 2 rings (SSSR count). The van der Waals surface area contributed by atoms with E-state index in [-0.39, 0.29) is 19.0 Å².